The van der Waals surface area contributed by atoms with Crippen LogP contribution in [-0.4, -0.2) is 23.9 Å². The van der Waals surface area contributed by atoms with Crippen LogP contribution < -0.4 is 20.1 Å². The zero-order chi connectivity index (χ0) is 23.8. The Morgan fingerprint density at radius 3 is 2.65 bits per heavy atom. The third-order valence-electron chi connectivity index (χ3n) is 4.81. The molecule has 0 aliphatic rings. The van der Waals surface area contributed by atoms with E-state index < -0.39 is 0 Å². The van der Waals surface area contributed by atoms with E-state index in [1.807, 2.05) is 48.5 Å². The van der Waals surface area contributed by atoms with Gasteiger partial charge in [0, 0.05) is 11.9 Å². The molecule has 4 aromatic rings. The van der Waals surface area contributed by atoms with Gasteiger partial charge in [0.2, 0.25) is 5.91 Å². The summed E-state index contributed by atoms with van der Waals surface area (Å²) in [5.74, 6) is 0.853. The Labute approximate surface area is 200 Å². The molecule has 2 N–H and O–H groups in total. The molecule has 0 radical (unpaired) electrons. The van der Waals surface area contributed by atoms with E-state index in [1.54, 1.807) is 24.6 Å². The van der Waals surface area contributed by atoms with Gasteiger partial charge in [-0.25, -0.2) is 4.98 Å². The summed E-state index contributed by atoms with van der Waals surface area (Å²) >= 11 is 1.25. The number of furan rings is 1. The standard InChI is InChI=1S/C25H23N3O5S/c1-31-22-12-18(9-10-20(22)33-15-17-6-3-2-4-7-17)14-26-23(29)13-19-16-34-25(27-19)28-24(30)21-8-5-11-32-21/h2-12,16H,13-15H2,1H3,(H,26,29)(H,27,28,30). The van der Waals surface area contributed by atoms with Crippen LogP contribution in [0.4, 0.5) is 5.13 Å². The summed E-state index contributed by atoms with van der Waals surface area (Å²) < 4.78 is 16.4. The first-order valence-corrected chi connectivity index (χ1v) is 11.4. The van der Waals surface area contributed by atoms with Crippen LogP contribution in [0.2, 0.25) is 0 Å². The number of anilines is 1. The van der Waals surface area contributed by atoms with Crippen LogP contribution >= 0.6 is 11.3 Å². The van der Waals surface area contributed by atoms with Crippen LogP contribution in [-0.2, 0) is 24.4 Å². The van der Waals surface area contributed by atoms with Crippen molar-refractivity contribution >= 4 is 28.3 Å². The van der Waals surface area contributed by atoms with Gasteiger partial charge >= 0.3 is 0 Å². The van der Waals surface area contributed by atoms with Crippen LogP contribution in [0.5, 0.6) is 11.5 Å². The molecule has 0 unspecified atom stereocenters. The summed E-state index contributed by atoms with van der Waals surface area (Å²) in [4.78, 5) is 28.7. The van der Waals surface area contributed by atoms with Gasteiger partial charge in [0.05, 0.1) is 25.5 Å². The molecule has 2 amide bonds. The van der Waals surface area contributed by atoms with Crippen molar-refractivity contribution in [1.29, 1.82) is 0 Å². The third kappa shape index (κ3) is 6.23. The predicted octanol–water partition coefficient (Wildman–Crippen LogP) is 4.43. The highest BCUT2D eigenvalue weighted by molar-refractivity contribution is 7.14. The van der Waals surface area contributed by atoms with E-state index in [2.05, 4.69) is 15.6 Å². The topological polar surface area (TPSA) is 103 Å². The number of nitrogens with one attached hydrogen (secondary N) is 2. The maximum Gasteiger partial charge on any atom is 0.293 e. The second-order valence-electron chi connectivity index (χ2n) is 7.29. The van der Waals surface area contributed by atoms with Gasteiger partial charge in [-0.05, 0) is 35.4 Å². The highest BCUT2D eigenvalue weighted by Gasteiger charge is 2.13. The van der Waals surface area contributed by atoms with Crippen molar-refractivity contribution < 1.29 is 23.5 Å². The molecular formula is C25H23N3O5S. The lowest BCUT2D eigenvalue weighted by molar-refractivity contribution is -0.120. The zero-order valence-electron chi connectivity index (χ0n) is 18.4. The number of rotatable bonds is 10. The quantitative estimate of drug-likeness (QED) is 0.350. The second kappa shape index (κ2) is 11.2. The minimum Gasteiger partial charge on any atom is -0.493 e. The number of benzene rings is 2. The van der Waals surface area contributed by atoms with Crippen LogP contribution in [0.15, 0.2) is 76.7 Å². The van der Waals surface area contributed by atoms with Gasteiger partial charge in [0.1, 0.15) is 6.61 Å². The lowest BCUT2D eigenvalue weighted by Gasteiger charge is -2.13. The number of nitrogens with zero attached hydrogens (tertiary/aromatic N) is 1. The number of hydrogen-bond acceptors (Lipinski definition) is 7. The largest absolute Gasteiger partial charge is 0.493 e. The minimum atomic E-state index is -0.388. The number of carbonyl (C=O) groups is 2. The van der Waals surface area contributed by atoms with Gasteiger partial charge in [0.25, 0.3) is 5.91 Å². The summed E-state index contributed by atoms with van der Waals surface area (Å²) in [5.41, 5.74) is 2.51. The number of amides is 2. The van der Waals surface area contributed by atoms with Crippen LogP contribution in [0.3, 0.4) is 0 Å². The lowest BCUT2D eigenvalue weighted by Crippen LogP contribution is -2.24. The van der Waals surface area contributed by atoms with Crippen molar-refractivity contribution in [2.45, 2.75) is 19.6 Å². The van der Waals surface area contributed by atoms with E-state index in [-0.39, 0.29) is 24.0 Å². The Balaban J connectivity index is 1.27. The molecule has 34 heavy (non-hydrogen) atoms. The first-order valence-electron chi connectivity index (χ1n) is 10.5. The van der Waals surface area contributed by atoms with Crippen molar-refractivity contribution in [3.8, 4) is 11.5 Å². The van der Waals surface area contributed by atoms with E-state index in [4.69, 9.17) is 13.9 Å². The van der Waals surface area contributed by atoms with E-state index in [1.165, 1.54) is 17.6 Å². The Hall–Kier alpha value is -4.11. The molecule has 0 saturated carbocycles. The monoisotopic (exact) mass is 477 g/mol. The van der Waals surface area contributed by atoms with Gasteiger partial charge in [0.15, 0.2) is 22.4 Å². The SMILES string of the molecule is COc1cc(CNC(=O)Cc2csc(NC(=O)c3ccco3)n2)ccc1OCc1ccccc1. The Morgan fingerprint density at radius 1 is 1.03 bits per heavy atom. The fraction of sp³-hybridized carbons (Fsp3) is 0.160. The number of thiazole rings is 1. The third-order valence-corrected chi connectivity index (χ3v) is 5.62. The molecule has 0 saturated heterocycles. The summed E-state index contributed by atoms with van der Waals surface area (Å²) in [6.07, 6.45) is 1.52. The lowest BCUT2D eigenvalue weighted by atomic mass is 10.2. The van der Waals surface area contributed by atoms with Gasteiger partial charge < -0.3 is 19.2 Å². The molecule has 2 heterocycles. The molecule has 0 bridgehead atoms. The van der Waals surface area contributed by atoms with Gasteiger partial charge in [-0.3, -0.25) is 14.9 Å². The summed E-state index contributed by atoms with van der Waals surface area (Å²) in [5, 5.41) is 7.67. The molecule has 2 aromatic heterocycles. The van der Waals surface area contributed by atoms with Crippen molar-refractivity contribution in [2.75, 3.05) is 12.4 Å². The summed E-state index contributed by atoms with van der Waals surface area (Å²) in [7, 11) is 1.58. The Kier molecular flexibility index (Phi) is 7.56. The van der Waals surface area contributed by atoms with Crippen molar-refractivity contribution in [1.82, 2.24) is 10.3 Å². The highest BCUT2D eigenvalue weighted by Crippen LogP contribution is 2.29. The molecule has 4 rings (SSSR count). The molecule has 0 aliphatic heterocycles. The van der Waals surface area contributed by atoms with Crippen molar-refractivity contribution in [3.05, 3.63) is 94.9 Å². The van der Waals surface area contributed by atoms with Gasteiger partial charge in [-0.2, -0.15) is 0 Å². The van der Waals surface area contributed by atoms with Crippen LogP contribution in [0.1, 0.15) is 27.4 Å². The van der Waals surface area contributed by atoms with E-state index >= 15 is 0 Å². The van der Waals surface area contributed by atoms with Crippen LogP contribution in [0, 0.1) is 0 Å². The molecule has 8 nitrogen and oxygen atoms in total. The van der Waals surface area contributed by atoms with Crippen molar-refractivity contribution in [3.63, 3.8) is 0 Å². The van der Waals surface area contributed by atoms with Gasteiger partial charge in [-0.15, -0.1) is 11.3 Å². The number of ether oxygens (including phenoxy) is 2. The first kappa shape index (κ1) is 23.1. The molecule has 0 fully saturated rings. The second-order valence-corrected chi connectivity index (χ2v) is 8.15. The highest BCUT2D eigenvalue weighted by atomic mass is 32.1. The minimum absolute atomic E-state index is 0.0997. The predicted molar refractivity (Wildman–Crippen MR) is 128 cm³/mol. The smallest absolute Gasteiger partial charge is 0.293 e. The summed E-state index contributed by atoms with van der Waals surface area (Å²) in [6.45, 7) is 0.769. The van der Waals surface area contributed by atoms with Crippen LogP contribution in [0.25, 0.3) is 0 Å². The number of hydrogen-bond donors (Lipinski definition) is 2. The molecule has 0 spiro atoms. The van der Waals surface area contributed by atoms with E-state index in [0.717, 1.165) is 11.1 Å². The fourth-order valence-electron chi connectivity index (χ4n) is 3.12. The average Bonchev–Trinajstić information content (AvgIpc) is 3.55. The number of carbonyl (C=O) groups excluding carboxylic acids is 2. The number of aromatic nitrogens is 1. The molecule has 174 valence electrons. The number of methoxy groups -OCH3 is 1. The molecule has 0 atom stereocenters. The Bertz CT molecular complexity index is 1240. The Morgan fingerprint density at radius 2 is 1.88 bits per heavy atom. The molecule has 9 heteroatoms. The zero-order valence-corrected chi connectivity index (χ0v) is 19.3. The van der Waals surface area contributed by atoms with E-state index in [0.29, 0.717) is 35.5 Å². The van der Waals surface area contributed by atoms with Gasteiger partial charge in [-0.1, -0.05) is 36.4 Å². The van der Waals surface area contributed by atoms with E-state index in [9.17, 15) is 9.59 Å². The normalized spacial score (nSPS) is 10.5. The fourth-order valence-corrected chi connectivity index (χ4v) is 3.82. The molecule has 0 aliphatic carbocycles. The maximum atomic E-state index is 12.4. The first-order chi connectivity index (χ1) is 16.6. The molecular weight excluding hydrogens is 454 g/mol. The summed E-state index contributed by atoms with van der Waals surface area (Å²) in [6, 6.07) is 18.6. The maximum absolute atomic E-state index is 12.4. The average molecular weight is 478 g/mol. The van der Waals surface area contributed by atoms with Crippen molar-refractivity contribution in [2.24, 2.45) is 0 Å². The molecule has 2 aromatic carbocycles.